The van der Waals surface area contributed by atoms with E-state index in [0.717, 1.165) is 0 Å². The van der Waals surface area contributed by atoms with Gasteiger partial charge in [0.2, 0.25) is 0 Å². The molecular formula is C9H10N2O3. The second-order valence-corrected chi connectivity index (χ2v) is 2.79. The van der Waals surface area contributed by atoms with Crippen LogP contribution in [0.3, 0.4) is 0 Å². The van der Waals surface area contributed by atoms with Crippen molar-refractivity contribution in [1.29, 1.82) is 0 Å². The van der Waals surface area contributed by atoms with E-state index in [1.807, 2.05) is 5.32 Å². The number of nitrogens with one attached hydrogen (secondary N) is 1. The number of benzene rings is 1. The summed E-state index contributed by atoms with van der Waals surface area (Å²) in [5.41, 5.74) is 5.36. The van der Waals surface area contributed by atoms with E-state index >= 15 is 0 Å². The maximum Gasteiger partial charge on any atom is 0.319 e. The number of carbonyl (C=O) groups is 2. The van der Waals surface area contributed by atoms with Gasteiger partial charge in [0, 0.05) is 0 Å². The molecule has 3 amide bonds. The lowest BCUT2D eigenvalue weighted by Crippen LogP contribution is -2.35. The van der Waals surface area contributed by atoms with Crippen molar-refractivity contribution in [1.82, 2.24) is 5.32 Å². The van der Waals surface area contributed by atoms with Crippen LogP contribution in [0.4, 0.5) is 4.79 Å². The molecule has 0 saturated heterocycles. The van der Waals surface area contributed by atoms with E-state index < -0.39 is 11.9 Å². The SMILES string of the molecule is Cc1cccc(C(=O)NC(N)=O)c1O. The highest BCUT2D eigenvalue weighted by atomic mass is 16.3. The van der Waals surface area contributed by atoms with Crippen LogP contribution in [-0.2, 0) is 0 Å². The molecule has 1 aromatic rings. The number of carbonyl (C=O) groups excluding carboxylic acids is 2. The smallest absolute Gasteiger partial charge is 0.319 e. The largest absolute Gasteiger partial charge is 0.507 e. The molecular weight excluding hydrogens is 184 g/mol. The van der Waals surface area contributed by atoms with Gasteiger partial charge in [-0.1, -0.05) is 12.1 Å². The highest BCUT2D eigenvalue weighted by Crippen LogP contribution is 2.20. The number of nitrogens with two attached hydrogens (primary N) is 1. The third-order valence-electron chi connectivity index (χ3n) is 1.72. The van der Waals surface area contributed by atoms with Crippen LogP contribution >= 0.6 is 0 Å². The number of primary amides is 1. The average Bonchev–Trinajstić information content (AvgIpc) is 2.08. The Bertz CT molecular complexity index is 388. The minimum Gasteiger partial charge on any atom is -0.507 e. The van der Waals surface area contributed by atoms with Gasteiger partial charge in [-0.2, -0.15) is 0 Å². The van der Waals surface area contributed by atoms with E-state index in [9.17, 15) is 14.7 Å². The summed E-state index contributed by atoms with van der Waals surface area (Å²) in [5, 5.41) is 11.3. The van der Waals surface area contributed by atoms with E-state index in [1.165, 1.54) is 6.07 Å². The minimum atomic E-state index is -0.948. The number of phenols is 1. The van der Waals surface area contributed by atoms with Gasteiger partial charge in [-0.15, -0.1) is 0 Å². The molecule has 0 bridgehead atoms. The lowest BCUT2D eigenvalue weighted by Gasteiger charge is -2.05. The summed E-state index contributed by atoms with van der Waals surface area (Å²) in [6, 6.07) is 3.71. The zero-order chi connectivity index (χ0) is 10.7. The Morgan fingerprint density at radius 3 is 2.64 bits per heavy atom. The highest BCUT2D eigenvalue weighted by Gasteiger charge is 2.13. The van der Waals surface area contributed by atoms with Gasteiger partial charge in [-0.25, -0.2) is 4.79 Å². The van der Waals surface area contributed by atoms with Crippen LogP contribution in [-0.4, -0.2) is 17.0 Å². The molecule has 4 N–H and O–H groups in total. The highest BCUT2D eigenvalue weighted by molar-refractivity contribution is 6.05. The number of rotatable bonds is 1. The molecule has 0 aliphatic heterocycles. The number of urea groups is 1. The first-order chi connectivity index (χ1) is 6.52. The maximum absolute atomic E-state index is 11.3. The molecule has 1 aromatic carbocycles. The normalized spacial score (nSPS) is 9.50. The topological polar surface area (TPSA) is 92.4 Å². The van der Waals surface area contributed by atoms with E-state index in [0.29, 0.717) is 5.56 Å². The molecule has 0 radical (unpaired) electrons. The van der Waals surface area contributed by atoms with Crippen LogP contribution in [0.1, 0.15) is 15.9 Å². The Balaban J connectivity index is 3.01. The molecule has 0 spiro atoms. The Hall–Kier alpha value is -2.04. The third-order valence-corrected chi connectivity index (χ3v) is 1.72. The van der Waals surface area contributed by atoms with E-state index in [-0.39, 0.29) is 11.3 Å². The van der Waals surface area contributed by atoms with Gasteiger partial charge in [0.15, 0.2) is 0 Å². The maximum atomic E-state index is 11.3. The molecule has 14 heavy (non-hydrogen) atoms. The predicted octanol–water partition coefficient (Wildman–Crippen LogP) is 0.509. The molecule has 5 heteroatoms. The molecule has 74 valence electrons. The van der Waals surface area contributed by atoms with Crippen LogP contribution in [0, 0.1) is 6.92 Å². The fourth-order valence-electron chi connectivity index (χ4n) is 1.02. The molecule has 5 nitrogen and oxygen atoms in total. The molecule has 0 aliphatic rings. The standard InChI is InChI=1S/C9H10N2O3/c1-5-3-2-4-6(7(5)12)8(13)11-9(10)14/h2-4,12H,1H3,(H3,10,11,13,14). The number of phenolic OH excluding ortho intramolecular Hbond substituents is 1. The summed E-state index contributed by atoms with van der Waals surface area (Å²) < 4.78 is 0. The first-order valence-electron chi connectivity index (χ1n) is 3.91. The molecule has 0 atom stereocenters. The van der Waals surface area contributed by atoms with Crippen molar-refractivity contribution in [3.05, 3.63) is 29.3 Å². The number of hydrogen-bond acceptors (Lipinski definition) is 3. The molecule has 0 heterocycles. The van der Waals surface area contributed by atoms with Crippen molar-refractivity contribution in [3.8, 4) is 5.75 Å². The van der Waals surface area contributed by atoms with Gasteiger partial charge in [0.25, 0.3) is 5.91 Å². The number of aryl methyl sites for hydroxylation is 1. The van der Waals surface area contributed by atoms with Crippen LogP contribution in [0.15, 0.2) is 18.2 Å². The van der Waals surface area contributed by atoms with E-state index in [4.69, 9.17) is 5.73 Å². The van der Waals surface area contributed by atoms with E-state index in [1.54, 1.807) is 19.1 Å². The monoisotopic (exact) mass is 194 g/mol. The second-order valence-electron chi connectivity index (χ2n) is 2.79. The number of aromatic hydroxyl groups is 1. The minimum absolute atomic E-state index is 0.0313. The summed E-state index contributed by atoms with van der Waals surface area (Å²) in [5.74, 6) is -0.857. The summed E-state index contributed by atoms with van der Waals surface area (Å²) >= 11 is 0. The quantitative estimate of drug-likeness (QED) is 0.608. The van der Waals surface area contributed by atoms with Crippen molar-refractivity contribution in [2.24, 2.45) is 5.73 Å². The van der Waals surface area contributed by atoms with Crippen LogP contribution in [0.5, 0.6) is 5.75 Å². The van der Waals surface area contributed by atoms with Gasteiger partial charge < -0.3 is 10.8 Å². The van der Waals surface area contributed by atoms with Crippen LogP contribution in [0.25, 0.3) is 0 Å². The number of imide groups is 1. The zero-order valence-electron chi connectivity index (χ0n) is 7.57. The number of hydrogen-bond donors (Lipinski definition) is 3. The van der Waals surface area contributed by atoms with Crippen molar-refractivity contribution in [3.63, 3.8) is 0 Å². The summed E-state index contributed by atoms with van der Waals surface area (Å²) in [7, 11) is 0. The van der Waals surface area contributed by atoms with Crippen molar-refractivity contribution in [2.75, 3.05) is 0 Å². The Morgan fingerprint density at radius 1 is 1.43 bits per heavy atom. The Kier molecular flexibility index (Phi) is 2.71. The summed E-state index contributed by atoms with van der Waals surface area (Å²) in [6.07, 6.45) is 0. The van der Waals surface area contributed by atoms with Gasteiger partial charge in [0.05, 0.1) is 5.56 Å². The summed E-state index contributed by atoms with van der Waals surface area (Å²) in [6.45, 7) is 1.65. The lowest BCUT2D eigenvalue weighted by atomic mass is 10.1. The number of amides is 3. The van der Waals surface area contributed by atoms with Crippen LogP contribution < -0.4 is 11.1 Å². The lowest BCUT2D eigenvalue weighted by molar-refractivity contribution is 0.0963. The summed E-state index contributed by atoms with van der Waals surface area (Å²) in [4.78, 5) is 21.6. The van der Waals surface area contributed by atoms with Crippen molar-refractivity contribution in [2.45, 2.75) is 6.92 Å². The molecule has 0 unspecified atom stereocenters. The van der Waals surface area contributed by atoms with Crippen molar-refractivity contribution < 1.29 is 14.7 Å². The molecule has 1 rings (SSSR count). The molecule has 0 aromatic heterocycles. The average molecular weight is 194 g/mol. The predicted molar refractivity (Wildman–Crippen MR) is 49.9 cm³/mol. The number of para-hydroxylation sites is 1. The fraction of sp³-hybridized carbons (Fsp3) is 0.111. The second kappa shape index (κ2) is 3.78. The Labute approximate surface area is 80.5 Å². The van der Waals surface area contributed by atoms with Gasteiger partial charge in [-0.3, -0.25) is 10.1 Å². The third kappa shape index (κ3) is 2.01. The van der Waals surface area contributed by atoms with Gasteiger partial charge >= 0.3 is 6.03 Å². The molecule has 0 fully saturated rings. The first kappa shape index (κ1) is 10.0. The first-order valence-corrected chi connectivity index (χ1v) is 3.91. The fourth-order valence-corrected chi connectivity index (χ4v) is 1.02. The zero-order valence-corrected chi connectivity index (χ0v) is 7.57. The van der Waals surface area contributed by atoms with Crippen LogP contribution in [0.2, 0.25) is 0 Å². The molecule has 0 aliphatic carbocycles. The van der Waals surface area contributed by atoms with Crippen molar-refractivity contribution >= 4 is 11.9 Å². The Morgan fingerprint density at radius 2 is 2.07 bits per heavy atom. The van der Waals surface area contributed by atoms with E-state index in [2.05, 4.69) is 0 Å². The van der Waals surface area contributed by atoms with Gasteiger partial charge in [0.1, 0.15) is 5.75 Å². The van der Waals surface area contributed by atoms with Gasteiger partial charge in [-0.05, 0) is 18.6 Å². The molecule has 0 saturated carbocycles.